The van der Waals surface area contributed by atoms with Gasteiger partial charge in [0, 0.05) is 12.7 Å². The Morgan fingerprint density at radius 3 is 2.50 bits per heavy atom. The highest BCUT2D eigenvalue weighted by Gasteiger charge is 2.35. The average Bonchev–Trinajstić information content (AvgIpc) is 2.53. The van der Waals surface area contributed by atoms with E-state index in [9.17, 15) is 9.90 Å². The lowest BCUT2D eigenvalue weighted by Gasteiger charge is -2.24. The Morgan fingerprint density at radius 1 is 1.39 bits per heavy atom. The van der Waals surface area contributed by atoms with Gasteiger partial charge >= 0.3 is 0 Å². The molecule has 1 aromatic heterocycles. The molecule has 100 valence electrons. The molecule has 1 fully saturated rings. The van der Waals surface area contributed by atoms with E-state index in [4.69, 9.17) is 0 Å². The van der Waals surface area contributed by atoms with E-state index in [2.05, 4.69) is 5.10 Å². The highest BCUT2D eigenvalue weighted by atomic mass is 16.3. The van der Waals surface area contributed by atoms with Gasteiger partial charge in [0.15, 0.2) is 5.78 Å². The van der Waals surface area contributed by atoms with Crippen molar-refractivity contribution in [2.75, 3.05) is 0 Å². The fraction of sp³-hybridized carbons (Fsp3) is 0.714. The molecule has 0 aromatic carbocycles. The van der Waals surface area contributed by atoms with Crippen molar-refractivity contribution in [2.45, 2.75) is 57.5 Å². The molecule has 0 bridgehead atoms. The highest BCUT2D eigenvalue weighted by Crippen LogP contribution is 2.28. The minimum absolute atomic E-state index is 0.0487. The Morgan fingerprint density at radius 2 is 2.00 bits per heavy atom. The van der Waals surface area contributed by atoms with Crippen LogP contribution in [0.25, 0.3) is 0 Å². The molecule has 2 rings (SSSR count). The van der Waals surface area contributed by atoms with Crippen LogP contribution in [0.1, 0.15) is 49.9 Å². The number of ketones is 1. The molecule has 4 nitrogen and oxygen atoms in total. The monoisotopic (exact) mass is 250 g/mol. The summed E-state index contributed by atoms with van der Waals surface area (Å²) in [6, 6.07) is 1.91. The minimum atomic E-state index is -1.10. The van der Waals surface area contributed by atoms with Crippen LogP contribution in [0.2, 0.25) is 0 Å². The minimum Gasteiger partial charge on any atom is -0.382 e. The Bertz CT molecular complexity index is 429. The summed E-state index contributed by atoms with van der Waals surface area (Å²) in [5.74, 6) is -0.0487. The maximum absolute atomic E-state index is 12.3. The quantitative estimate of drug-likeness (QED) is 0.834. The van der Waals surface area contributed by atoms with Crippen LogP contribution in [0.4, 0.5) is 0 Å². The van der Waals surface area contributed by atoms with Gasteiger partial charge in [0.2, 0.25) is 0 Å². The first-order valence-electron chi connectivity index (χ1n) is 6.76. The summed E-state index contributed by atoms with van der Waals surface area (Å²) in [5.41, 5.74) is 0.692. The van der Waals surface area contributed by atoms with Crippen molar-refractivity contribution in [3.05, 3.63) is 17.5 Å². The van der Waals surface area contributed by atoms with Crippen molar-refractivity contribution in [3.63, 3.8) is 0 Å². The zero-order valence-corrected chi connectivity index (χ0v) is 11.3. The molecule has 1 saturated carbocycles. The normalized spacial score (nSPS) is 19.5. The molecule has 1 aliphatic rings. The fourth-order valence-electron chi connectivity index (χ4n) is 2.75. The van der Waals surface area contributed by atoms with Gasteiger partial charge in [0.05, 0.1) is 12.1 Å². The van der Waals surface area contributed by atoms with Crippen LogP contribution < -0.4 is 0 Å². The lowest BCUT2D eigenvalue weighted by molar-refractivity contribution is -0.138. The first-order valence-corrected chi connectivity index (χ1v) is 6.76. The number of carbonyl (C=O) groups excluding carboxylic acids is 1. The highest BCUT2D eigenvalue weighted by molar-refractivity contribution is 5.88. The number of hydrogen-bond donors (Lipinski definition) is 1. The van der Waals surface area contributed by atoms with Crippen LogP contribution in [0, 0.1) is 6.92 Å². The van der Waals surface area contributed by atoms with E-state index in [1.807, 2.05) is 20.0 Å². The fourth-order valence-corrected chi connectivity index (χ4v) is 2.75. The van der Waals surface area contributed by atoms with Crippen molar-refractivity contribution in [3.8, 4) is 0 Å². The average molecular weight is 250 g/mol. The number of aliphatic hydroxyl groups is 1. The van der Waals surface area contributed by atoms with E-state index in [0.29, 0.717) is 12.8 Å². The predicted octanol–water partition coefficient (Wildman–Crippen LogP) is 1.93. The smallest absolute Gasteiger partial charge is 0.170 e. The summed E-state index contributed by atoms with van der Waals surface area (Å²) < 4.78 is 1.73. The zero-order valence-electron chi connectivity index (χ0n) is 11.3. The van der Waals surface area contributed by atoms with Gasteiger partial charge < -0.3 is 5.11 Å². The summed E-state index contributed by atoms with van der Waals surface area (Å²) in [6.07, 6.45) is 5.67. The molecule has 1 aromatic rings. The summed E-state index contributed by atoms with van der Waals surface area (Å²) in [5, 5.41) is 14.7. The van der Waals surface area contributed by atoms with Gasteiger partial charge in [-0.05, 0) is 25.8 Å². The number of carbonyl (C=O) groups is 1. The third-order valence-electron chi connectivity index (χ3n) is 3.89. The van der Waals surface area contributed by atoms with Gasteiger partial charge in [-0.1, -0.05) is 25.7 Å². The zero-order chi connectivity index (χ0) is 13.2. The molecule has 0 saturated heterocycles. The number of Topliss-reactive ketones (excluding diaryl/α,β-unsaturated/α-hetero) is 1. The van der Waals surface area contributed by atoms with Gasteiger partial charge in [0.25, 0.3) is 0 Å². The van der Waals surface area contributed by atoms with E-state index >= 15 is 0 Å². The van der Waals surface area contributed by atoms with E-state index in [0.717, 1.165) is 37.1 Å². The Labute approximate surface area is 108 Å². The lowest BCUT2D eigenvalue weighted by Crippen LogP contribution is -2.39. The third kappa shape index (κ3) is 2.80. The molecule has 0 unspecified atom stereocenters. The second-order valence-corrected chi connectivity index (χ2v) is 5.45. The Balaban J connectivity index is 2.08. The standard InChI is InChI=1S/C14H22N2O2/c1-11-9-12(16(2)15-11)10-13(17)14(18)7-5-3-4-6-8-14/h9,18H,3-8,10H2,1-2H3. The molecule has 18 heavy (non-hydrogen) atoms. The summed E-state index contributed by atoms with van der Waals surface area (Å²) in [7, 11) is 1.84. The van der Waals surface area contributed by atoms with Gasteiger partial charge in [0.1, 0.15) is 5.60 Å². The van der Waals surface area contributed by atoms with E-state index in [1.165, 1.54) is 0 Å². The van der Waals surface area contributed by atoms with Crippen LogP contribution in [-0.4, -0.2) is 26.3 Å². The third-order valence-corrected chi connectivity index (χ3v) is 3.89. The topological polar surface area (TPSA) is 55.1 Å². The van der Waals surface area contributed by atoms with Crippen LogP contribution in [0.15, 0.2) is 6.07 Å². The van der Waals surface area contributed by atoms with E-state index < -0.39 is 5.60 Å². The summed E-state index contributed by atoms with van der Waals surface area (Å²) >= 11 is 0. The Hall–Kier alpha value is -1.16. The van der Waals surface area contributed by atoms with Crippen molar-refractivity contribution >= 4 is 5.78 Å². The van der Waals surface area contributed by atoms with Gasteiger partial charge in [-0.15, -0.1) is 0 Å². The van der Waals surface area contributed by atoms with E-state index in [-0.39, 0.29) is 12.2 Å². The number of rotatable bonds is 3. The number of aromatic nitrogens is 2. The second-order valence-electron chi connectivity index (χ2n) is 5.45. The molecular formula is C14H22N2O2. The van der Waals surface area contributed by atoms with Crippen LogP contribution in [0.3, 0.4) is 0 Å². The van der Waals surface area contributed by atoms with Crippen molar-refractivity contribution in [1.29, 1.82) is 0 Å². The molecule has 0 radical (unpaired) electrons. The molecule has 0 spiro atoms. The number of nitrogens with zero attached hydrogens (tertiary/aromatic N) is 2. The van der Waals surface area contributed by atoms with Gasteiger partial charge in [-0.3, -0.25) is 9.48 Å². The first kappa shape index (κ1) is 13.3. The maximum Gasteiger partial charge on any atom is 0.170 e. The van der Waals surface area contributed by atoms with Crippen LogP contribution >= 0.6 is 0 Å². The largest absolute Gasteiger partial charge is 0.382 e. The van der Waals surface area contributed by atoms with Crippen molar-refractivity contribution in [2.24, 2.45) is 7.05 Å². The van der Waals surface area contributed by atoms with Crippen molar-refractivity contribution in [1.82, 2.24) is 9.78 Å². The molecule has 1 heterocycles. The van der Waals surface area contributed by atoms with Crippen molar-refractivity contribution < 1.29 is 9.90 Å². The summed E-state index contributed by atoms with van der Waals surface area (Å²) in [4.78, 5) is 12.3. The van der Waals surface area contributed by atoms with Crippen LogP contribution in [-0.2, 0) is 18.3 Å². The first-order chi connectivity index (χ1) is 8.51. The molecule has 0 amide bonds. The van der Waals surface area contributed by atoms with Gasteiger partial charge in [-0.2, -0.15) is 5.10 Å². The SMILES string of the molecule is Cc1cc(CC(=O)C2(O)CCCCCC2)n(C)n1. The lowest BCUT2D eigenvalue weighted by atomic mass is 9.87. The molecule has 4 heteroatoms. The van der Waals surface area contributed by atoms with E-state index in [1.54, 1.807) is 4.68 Å². The maximum atomic E-state index is 12.3. The number of hydrogen-bond acceptors (Lipinski definition) is 3. The van der Waals surface area contributed by atoms with Gasteiger partial charge in [-0.25, -0.2) is 0 Å². The molecule has 0 aliphatic heterocycles. The predicted molar refractivity (Wildman–Crippen MR) is 69.3 cm³/mol. The molecule has 1 aliphatic carbocycles. The second kappa shape index (κ2) is 5.22. The number of aryl methyl sites for hydroxylation is 2. The Kier molecular flexibility index (Phi) is 3.85. The summed E-state index contributed by atoms with van der Waals surface area (Å²) in [6.45, 7) is 1.91. The molecular weight excluding hydrogens is 228 g/mol. The molecule has 1 N–H and O–H groups in total. The van der Waals surface area contributed by atoms with Crippen LogP contribution in [0.5, 0.6) is 0 Å². The molecule has 0 atom stereocenters.